The van der Waals surface area contributed by atoms with E-state index in [0.717, 1.165) is 82.7 Å². The van der Waals surface area contributed by atoms with Crippen molar-refractivity contribution < 1.29 is 84.2 Å². The minimum absolute atomic E-state index is 0.0382. The van der Waals surface area contributed by atoms with Gasteiger partial charge >= 0.3 is 6.18 Å². The molecular formula is C74H114ClF5N12O13. The number of aryl methyl sites for hydroxylation is 1. The number of benzene rings is 1. The number of nitrogens with zero attached hydrogens (tertiary/aromatic N) is 9. The number of rotatable bonds is 16. The molecule has 7 atom stereocenters. The van der Waals surface area contributed by atoms with Crippen LogP contribution in [0.1, 0.15) is 180 Å². The number of hydrogen-bond acceptors (Lipinski definition) is 13. The first kappa shape index (κ1) is 86.7. The van der Waals surface area contributed by atoms with E-state index < -0.39 is 200 Å². The second kappa shape index (κ2) is 40.1. The summed E-state index contributed by atoms with van der Waals surface area (Å²) in [5, 5.41) is 7.77. The number of carbonyl (C=O) groups is 12. The Balaban J connectivity index is 1.47. The molecule has 0 bridgehead atoms. The molecule has 31 heteroatoms. The maximum Gasteiger partial charge on any atom is 0.417 e. The van der Waals surface area contributed by atoms with Gasteiger partial charge in [0.25, 0.3) is 6.43 Å². The van der Waals surface area contributed by atoms with Crippen LogP contribution in [0.3, 0.4) is 0 Å². The molecule has 6 rings (SSSR count). The molecule has 25 nitrogen and oxygen atoms in total. The van der Waals surface area contributed by atoms with Crippen molar-refractivity contribution in [3.63, 3.8) is 0 Å². The lowest BCUT2D eigenvalue weighted by atomic mass is 9.81. The number of amides is 12. The fourth-order valence-corrected chi connectivity index (χ4v) is 15.7. The van der Waals surface area contributed by atoms with Crippen LogP contribution < -0.4 is 16.0 Å². The Kier molecular flexibility index (Phi) is 33.1. The Bertz CT molecular complexity index is 3180. The molecule has 3 N–H and O–H groups in total. The van der Waals surface area contributed by atoms with Crippen molar-refractivity contribution in [1.29, 1.82) is 0 Å². The van der Waals surface area contributed by atoms with Gasteiger partial charge in [0, 0.05) is 69.0 Å². The molecule has 1 aromatic carbocycles. The number of piperidine rings is 1. The highest BCUT2D eigenvalue weighted by Crippen LogP contribution is 2.38. The molecule has 105 heavy (non-hydrogen) atoms. The molecule has 5 aliphatic rings. The van der Waals surface area contributed by atoms with E-state index in [2.05, 4.69) is 16.0 Å². The summed E-state index contributed by atoms with van der Waals surface area (Å²) < 4.78 is 74.2. The third kappa shape index (κ3) is 24.1. The van der Waals surface area contributed by atoms with Gasteiger partial charge in [-0.25, -0.2) is 8.78 Å². The first-order valence-electron chi connectivity index (χ1n) is 37.5. The molecular weight excluding hydrogens is 1400 g/mol. The van der Waals surface area contributed by atoms with Crippen LogP contribution in [0.2, 0.25) is 5.02 Å². The van der Waals surface area contributed by atoms with E-state index >= 15 is 24.0 Å². The van der Waals surface area contributed by atoms with Gasteiger partial charge in [0.2, 0.25) is 70.9 Å². The van der Waals surface area contributed by atoms with Gasteiger partial charge in [-0.3, -0.25) is 57.5 Å². The molecule has 3 aliphatic carbocycles. The lowest BCUT2D eigenvalue weighted by Crippen LogP contribution is -2.64. The molecule has 0 radical (unpaired) electrons. The number of alkyl halides is 5. The number of hydrogen-bond donors (Lipinski definition) is 3. The summed E-state index contributed by atoms with van der Waals surface area (Å²) in [7, 11) is 9.69. The van der Waals surface area contributed by atoms with Crippen LogP contribution >= 0.6 is 11.6 Å². The zero-order chi connectivity index (χ0) is 77.8. The van der Waals surface area contributed by atoms with Crippen molar-refractivity contribution in [2.75, 3.05) is 108 Å². The third-order valence-electron chi connectivity index (χ3n) is 21.9. The summed E-state index contributed by atoms with van der Waals surface area (Å²) in [5.41, 5.74) is -2.67. The van der Waals surface area contributed by atoms with Gasteiger partial charge < -0.3 is 64.8 Å². The largest absolute Gasteiger partial charge is 0.417 e. The minimum atomic E-state index is -4.83. The average molecular weight is 1510 g/mol. The van der Waals surface area contributed by atoms with Gasteiger partial charge in [0.1, 0.15) is 48.4 Å². The molecule has 5 fully saturated rings. The van der Waals surface area contributed by atoms with Crippen molar-refractivity contribution in [3.8, 4) is 0 Å². The SMILES string of the molecule is CC[C@H](C)[C@@H]1NC(=O)[C@H](CC(C)C)N(C)C(=O)C[C@@H](C(=O)N2CCCCC2)N(C)C(=O)[C@H](C2CCCCC2)N(C)C(=O)C2(CCCC2)NC(=O)CN(CCOCC(F)F)C(=O)[C@H](CCc2ccc(C(F)(F)F)c(Cl)c2)NC(=O)CN(C)C(=O)[C@H](CC2CCCCC2)N(C)C(=O)CN(C)C(=O)CN(C)C1=O. The highest BCUT2D eigenvalue weighted by atomic mass is 35.5. The Hall–Kier alpha value is -7.24. The van der Waals surface area contributed by atoms with Gasteiger partial charge in [0.05, 0.1) is 49.8 Å². The number of nitrogens with one attached hydrogen (secondary N) is 3. The third-order valence-corrected chi connectivity index (χ3v) is 22.2. The first-order valence-corrected chi connectivity index (χ1v) is 37.9. The van der Waals surface area contributed by atoms with Crippen LogP contribution in [0.15, 0.2) is 18.2 Å². The molecule has 2 aliphatic heterocycles. The monoisotopic (exact) mass is 1510 g/mol. The second-order valence-corrected chi connectivity index (χ2v) is 30.7. The van der Waals surface area contributed by atoms with Crippen molar-refractivity contribution in [1.82, 2.24) is 60.0 Å². The smallest absolute Gasteiger partial charge is 0.374 e. The van der Waals surface area contributed by atoms with Gasteiger partial charge in [-0.15, -0.1) is 0 Å². The molecule has 1 spiro atoms. The van der Waals surface area contributed by atoms with Crippen molar-refractivity contribution in [2.45, 2.75) is 230 Å². The zero-order valence-electron chi connectivity index (χ0n) is 63.3. The van der Waals surface area contributed by atoms with E-state index in [4.69, 9.17) is 16.3 Å². The zero-order valence-corrected chi connectivity index (χ0v) is 64.1. The van der Waals surface area contributed by atoms with Crippen LogP contribution in [0.25, 0.3) is 0 Å². The Morgan fingerprint density at radius 3 is 1.83 bits per heavy atom. The van der Waals surface area contributed by atoms with Gasteiger partial charge in [-0.2, -0.15) is 13.2 Å². The van der Waals surface area contributed by atoms with Crippen LogP contribution in [0, 0.1) is 23.7 Å². The summed E-state index contributed by atoms with van der Waals surface area (Å²) in [6.45, 7) is 2.98. The standard InChI is InChI=1S/C74H114ClF5N12O13/c1-12-48(4)64-70(102)86(7)44-62(96)84(5)45-63(97)88(9)56(40-49-24-16-13-17-25-49)68(100)85(6)42-59(93)81-54(31-29-50-28-30-52(53(75)39-50)74(78,79)80)67(99)92(36-37-105-46-58(76)77)43-60(94)83-73(32-20-21-33-73)72(104)90(11)65(51-26-18-14-19-27-51)71(103)89(10)57(69(101)91-34-22-15-23-35-91)41-61(95)87(8)55(38-47(2)3)66(98)82-64/h28,30,39,47-49,51,54-58,64-65H,12-27,29,31-38,40-46H2,1-11H3,(H,81,93)(H,82,98)(H,83,94)/t48-,54-,55-,56-,57-,64-,65-/m0/s1. The molecule has 1 aromatic rings. The second-order valence-electron chi connectivity index (χ2n) is 30.3. The predicted octanol–water partition coefficient (Wildman–Crippen LogP) is 6.54. The predicted molar refractivity (Wildman–Crippen MR) is 382 cm³/mol. The Morgan fingerprint density at radius 1 is 0.648 bits per heavy atom. The Morgan fingerprint density at radius 2 is 1.24 bits per heavy atom. The number of halogens is 6. The van der Waals surface area contributed by atoms with E-state index in [1.807, 2.05) is 20.8 Å². The minimum Gasteiger partial charge on any atom is -0.374 e. The summed E-state index contributed by atoms with van der Waals surface area (Å²) in [6.07, 6.45) is 2.09. The summed E-state index contributed by atoms with van der Waals surface area (Å²) in [4.78, 5) is 190. The van der Waals surface area contributed by atoms with E-state index in [1.165, 1.54) is 68.9 Å². The van der Waals surface area contributed by atoms with Crippen molar-refractivity contribution in [2.24, 2.45) is 23.7 Å². The fourth-order valence-electron chi connectivity index (χ4n) is 15.3. The van der Waals surface area contributed by atoms with Crippen LogP contribution in [-0.4, -0.2) is 272 Å². The maximum atomic E-state index is 15.8. The van der Waals surface area contributed by atoms with Crippen LogP contribution in [0.5, 0.6) is 0 Å². The van der Waals surface area contributed by atoms with Gasteiger partial charge in [-0.1, -0.05) is 116 Å². The highest BCUT2D eigenvalue weighted by molar-refractivity contribution is 6.31. The van der Waals surface area contributed by atoms with Gasteiger partial charge in [-0.05, 0) is 112 Å². The Labute approximate surface area is 620 Å². The molecule has 0 unspecified atom stereocenters. The maximum absolute atomic E-state index is 15.8. The molecule has 0 aromatic heterocycles. The van der Waals surface area contributed by atoms with Crippen molar-refractivity contribution >= 4 is 82.5 Å². The van der Waals surface area contributed by atoms with E-state index in [9.17, 15) is 55.5 Å². The van der Waals surface area contributed by atoms with E-state index in [0.29, 0.717) is 70.9 Å². The molecule has 590 valence electrons. The molecule has 12 amide bonds. The topological polar surface area (TPSA) is 279 Å². The number of ether oxygens (including phenoxy) is 1. The van der Waals surface area contributed by atoms with Crippen LogP contribution in [0.4, 0.5) is 22.0 Å². The number of likely N-dealkylation sites (tertiary alicyclic amines) is 1. The number of carbonyl (C=O) groups excluding carboxylic acids is 12. The van der Waals surface area contributed by atoms with Gasteiger partial charge in [0.15, 0.2) is 0 Å². The molecule has 2 saturated heterocycles. The van der Waals surface area contributed by atoms with E-state index in [1.54, 1.807) is 11.8 Å². The average Bonchev–Trinajstić information content (AvgIpc) is 1.76. The summed E-state index contributed by atoms with van der Waals surface area (Å²) in [5.74, 6) is -10.1. The van der Waals surface area contributed by atoms with Crippen molar-refractivity contribution in [3.05, 3.63) is 34.3 Å². The molecule has 3 saturated carbocycles. The molecule has 2 heterocycles. The highest BCUT2D eigenvalue weighted by Gasteiger charge is 2.50. The normalized spacial score (nSPS) is 25.1. The lowest BCUT2D eigenvalue weighted by molar-refractivity contribution is -0.157. The number of likely N-dealkylation sites (N-methyl/N-ethyl adjacent to an activating group) is 7. The summed E-state index contributed by atoms with van der Waals surface area (Å²) in [6, 6.07) is -5.10. The quantitative estimate of drug-likeness (QED) is 0.117. The summed E-state index contributed by atoms with van der Waals surface area (Å²) >= 11 is 6.14. The fraction of sp³-hybridized carbons (Fsp3) is 0.757. The van der Waals surface area contributed by atoms with Crippen LogP contribution in [-0.2, 0) is 74.9 Å². The van der Waals surface area contributed by atoms with E-state index in [-0.39, 0.29) is 55.9 Å². The first-order chi connectivity index (χ1) is 49.5. The lowest BCUT2D eigenvalue weighted by Gasteiger charge is -2.43.